The smallest absolute Gasteiger partial charge is 0.363 e. The molecule has 0 aliphatic carbocycles. The van der Waals surface area contributed by atoms with Crippen LogP contribution in [-0.2, 0) is 6.18 Å². The number of anilines is 2. The van der Waals surface area contributed by atoms with Crippen LogP contribution in [0.25, 0.3) is 0 Å². The minimum absolute atomic E-state index is 0.0788. The van der Waals surface area contributed by atoms with E-state index in [0.29, 0.717) is 32.7 Å². The molecule has 2 rings (SSSR count). The Morgan fingerprint density at radius 2 is 1.86 bits per heavy atom. The van der Waals surface area contributed by atoms with E-state index in [9.17, 15) is 13.2 Å². The van der Waals surface area contributed by atoms with Crippen LogP contribution in [-0.4, -0.2) is 61.7 Å². The van der Waals surface area contributed by atoms with Gasteiger partial charge in [0.1, 0.15) is 5.82 Å². The Kier molecular flexibility index (Phi) is 4.71. The molecule has 1 saturated heterocycles. The standard InChI is InChI=1S/C13H17F3N6/c1-20(2)11-9-10(13(14,15)16)18-12(19-11)22-7-5-21(4-3-17)6-8-22/h9H,4-8H2,1-2H3. The van der Waals surface area contributed by atoms with Crippen molar-refractivity contribution >= 4 is 11.8 Å². The first-order valence-electron chi connectivity index (χ1n) is 6.79. The van der Waals surface area contributed by atoms with Crippen molar-refractivity contribution in [3.63, 3.8) is 0 Å². The zero-order valence-electron chi connectivity index (χ0n) is 12.4. The second-order valence-electron chi connectivity index (χ2n) is 5.22. The quantitative estimate of drug-likeness (QED) is 0.782. The van der Waals surface area contributed by atoms with Gasteiger partial charge >= 0.3 is 6.18 Å². The fraction of sp³-hybridized carbons (Fsp3) is 0.615. The molecule has 1 aromatic heterocycles. The molecular weight excluding hydrogens is 297 g/mol. The van der Waals surface area contributed by atoms with Crippen molar-refractivity contribution in [1.82, 2.24) is 14.9 Å². The highest BCUT2D eigenvalue weighted by Crippen LogP contribution is 2.31. The summed E-state index contributed by atoms with van der Waals surface area (Å²) in [6, 6.07) is 3.01. The lowest BCUT2D eigenvalue weighted by Crippen LogP contribution is -2.47. The fourth-order valence-corrected chi connectivity index (χ4v) is 2.14. The number of nitrogens with zero attached hydrogens (tertiary/aromatic N) is 6. The molecule has 22 heavy (non-hydrogen) atoms. The number of nitriles is 1. The maximum atomic E-state index is 13.0. The summed E-state index contributed by atoms with van der Waals surface area (Å²) in [5.41, 5.74) is -0.944. The first-order chi connectivity index (χ1) is 10.3. The second kappa shape index (κ2) is 6.36. The van der Waals surface area contributed by atoms with Crippen LogP contribution in [0.15, 0.2) is 6.07 Å². The summed E-state index contributed by atoms with van der Waals surface area (Å²) in [6.45, 7) is 2.51. The largest absolute Gasteiger partial charge is 0.433 e. The molecule has 0 spiro atoms. The molecule has 6 nitrogen and oxygen atoms in total. The van der Waals surface area contributed by atoms with Crippen LogP contribution in [0.4, 0.5) is 24.9 Å². The molecule has 0 N–H and O–H groups in total. The predicted molar refractivity (Wildman–Crippen MR) is 75.6 cm³/mol. The van der Waals surface area contributed by atoms with Crippen LogP contribution in [0.5, 0.6) is 0 Å². The Hall–Kier alpha value is -2.08. The minimum atomic E-state index is -4.51. The van der Waals surface area contributed by atoms with Crippen LogP contribution in [0, 0.1) is 11.3 Å². The molecular formula is C13H17F3N6. The third kappa shape index (κ3) is 3.76. The van der Waals surface area contributed by atoms with Gasteiger partial charge in [-0.2, -0.15) is 23.4 Å². The normalized spacial score (nSPS) is 16.5. The van der Waals surface area contributed by atoms with Crippen molar-refractivity contribution < 1.29 is 13.2 Å². The van der Waals surface area contributed by atoms with E-state index in [1.54, 1.807) is 19.0 Å². The Balaban J connectivity index is 2.24. The van der Waals surface area contributed by atoms with Crippen LogP contribution >= 0.6 is 0 Å². The van der Waals surface area contributed by atoms with Gasteiger partial charge in [-0.15, -0.1) is 0 Å². The molecule has 0 saturated carbocycles. The van der Waals surface area contributed by atoms with Gasteiger partial charge in [-0.05, 0) is 0 Å². The Labute approximate surface area is 126 Å². The lowest BCUT2D eigenvalue weighted by molar-refractivity contribution is -0.141. The summed E-state index contributed by atoms with van der Waals surface area (Å²) < 4.78 is 38.9. The van der Waals surface area contributed by atoms with E-state index in [1.165, 1.54) is 4.90 Å². The molecule has 0 aromatic carbocycles. The molecule has 1 aliphatic heterocycles. The van der Waals surface area contributed by atoms with Gasteiger partial charge in [-0.1, -0.05) is 0 Å². The van der Waals surface area contributed by atoms with Gasteiger partial charge in [0, 0.05) is 46.3 Å². The number of hydrogen-bond donors (Lipinski definition) is 0. The number of rotatable bonds is 3. The lowest BCUT2D eigenvalue weighted by atomic mass is 10.3. The van der Waals surface area contributed by atoms with E-state index in [-0.39, 0.29) is 11.8 Å². The zero-order valence-corrected chi connectivity index (χ0v) is 12.4. The Morgan fingerprint density at radius 3 is 2.36 bits per heavy atom. The summed E-state index contributed by atoms with van der Waals surface area (Å²) in [5.74, 6) is 0.298. The van der Waals surface area contributed by atoms with Gasteiger partial charge in [0.2, 0.25) is 5.95 Å². The van der Waals surface area contributed by atoms with Crippen molar-refractivity contribution in [1.29, 1.82) is 5.26 Å². The average Bonchev–Trinajstić information content (AvgIpc) is 2.47. The average molecular weight is 314 g/mol. The van der Waals surface area contributed by atoms with Gasteiger partial charge < -0.3 is 9.80 Å². The van der Waals surface area contributed by atoms with Crippen LogP contribution in [0.1, 0.15) is 5.69 Å². The molecule has 0 bridgehead atoms. The molecule has 9 heteroatoms. The number of halogens is 3. The summed E-state index contributed by atoms with van der Waals surface area (Å²) in [4.78, 5) is 13.0. The highest BCUT2D eigenvalue weighted by atomic mass is 19.4. The third-order valence-electron chi connectivity index (χ3n) is 3.40. The van der Waals surface area contributed by atoms with Crippen molar-refractivity contribution in [2.45, 2.75) is 6.18 Å². The van der Waals surface area contributed by atoms with Gasteiger partial charge in [0.25, 0.3) is 0 Å². The van der Waals surface area contributed by atoms with Crippen molar-refractivity contribution in [3.05, 3.63) is 11.8 Å². The number of aromatic nitrogens is 2. The summed E-state index contributed by atoms with van der Waals surface area (Å²) in [5, 5.41) is 8.66. The Bertz CT molecular complexity index is 558. The topological polar surface area (TPSA) is 59.3 Å². The molecule has 2 heterocycles. The maximum absolute atomic E-state index is 13.0. The fourth-order valence-electron chi connectivity index (χ4n) is 2.14. The van der Waals surface area contributed by atoms with E-state index in [4.69, 9.17) is 5.26 Å². The summed E-state index contributed by atoms with van der Waals surface area (Å²) >= 11 is 0. The van der Waals surface area contributed by atoms with Gasteiger partial charge in [-0.25, -0.2) is 4.98 Å². The van der Waals surface area contributed by atoms with Gasteiger partial charge in [-0.3, -0.25) is 4.90 Å². The number of hydrogen-bond acceptors (Lipinski definition) is 6. The first-order valence-corrected chi connectivity index (χ1v) is 6.79. The second-order valence-corrected chi connectivity index (χ2v) is 5.22. The minimum Gasteiger partial charge on any atom is -0.363 e. The molecule has 120 valence electrons. The molecule has 1 fully saturated rings. The molecule has 0 radical (unpaired) electrons. The zero-order chi connectivity index (χ0) is 16.3. The lowest BCUT2D eigenvalue weighted by Gasteiger charge is -2.33. The summed E-state index contributed by atoms with van der Waals surface area (Å²) in [7, 11) is 3.27. The molecule has 0 amide bonds. The number of alkyl halides is 3. The highest BCUT2D eigenvalue weighted by molar-refractivity contribution is 5.45. The molecule has 1 aliphatic rings. The van der Waals surface area contributed by atoms with Crippen molar-refractivity contribution in [2.24, 2.45) is 0 Å². The Morgan fingerprint density at radius 1 is 1.23 bits per heavy atom. The SMILES string of the molecule is CN(C)c1cc(C(F)(F)F)nc(N2CCN(CC#N)CC2)n1. The molecule has 0 unspecified atom stereocenters. The van der Waals surface area contributed by atoms with Crippen molar-refractivity contribution in [3.8, 4) is 6.07 Å². The van der Waals surface area contributed by atoms with Crippen LogP contribution < -0.4 is 9.80 Å². The van der Waals surface area contributed by atoms with Gasteiger partial charge in [0.05, 0.1) is 12.6 Å². The highest BCUT2D eigenvalue weighted by Gasteiger charge is 2.34. The van der Waals surface area contributed by atoms with Crippen LogP contribution in [0.3, 0.4) is 0 Å². The summed E-state index contributed by atoms with van der Waals surface area (Å²) in [6.07, 6.45) is -4.51. The monoisotopic (exact) mass is 314 g/mol. The van der Waals surface area contributed by atoms with Crippen LogP contribution in [0.2, 0.25) is 0 Å². The van der Waals surface area contributed by atoms with Gasteiger partial charge in [0.15, 0.2) is 5.69 Å². The predicted octanol–water partition coefficient (Wildman–Crippen LogP) is 1.21. The third-order valence-corrected chi connectivity index (χ3v) is 3.40. The van der Waals surface area contributed by atoms with E-state index in [0.717, 1.165) is 6.07 Å². The first kappa shape index (κ1) is 16.3. The van der Waals surface area contributed by atoms with E-state index >= 15 is 0 Å². The molecule has 1 aromatic rings. The van der Waals surface area contributed by atoms with E-state index < -0.39 is 11.9 Å². The number of piperazine rings is 1. The van der Waals surface area contributed by atoms with Crippen molar-refractivity contribution in [2.75, 3.05) is 56.6 Å². The van der Waals surface area contributed by atoms with E-state index in [2.05, 4.69) is 16.0 Å². The molecule has 0 atom stereocenters. The maximum Gasteiger partial charge on any atom is 0.433 e. The van der Waals surface area contributed by atoms with E-state index in [1.807, 2.05) is 4.90 Å².